The smallest absolute Gasteiger partial charge is 0.307 e. The van der Waals surface area contributed by atoms with Crippen molar-refractivity contribution in [1.82, 2.24) is 16.0 Å². The van der Waals surface area contributed by atoms with Crippen molar-refractivity contribution in [3.05, 3.63) is 0 Å². The predicted octanol–water partition coefficient (Wildman–Crippen LogP) is 0.688. The van der Waals surface area contributed by atoms with Gasteiger partial charge in [-0.1, -0.05) is 19.8 Å². The molecule has 1 amide bonds. The molecule has 150 valence electrons. The molecule has 1 fully saturated rings. The van der Waals surface area contributed by atoms with Gasteiger partial charge in [-0.3, -0.25) is 19.8 Å². The average molecular weight is 373 g/mol. The number of amides is 1. The van der Waals surface area contributed by atoms with Gasteiger partial charge in [0.05, 0.1) is 18.8 Å². The lowest BCUT2D eigenvalue weighted by molar-refractivity contribution is -0.152. The molecule has 9 nitrogen and oxygen atoms in total. The number of unbranched alkanes of at least 4 members (excludes halogenated alkanes) is 2. The van der Waals surface area contributed by atoms with Crippen molar-refractivity contribution in [1.29, 1.82) is 0 Å². The highest BCUT2D eigenvalue weighted by molar-refractivity contribution is 5.79. The molecule has 0 aliphatic carbocycles. The van der Waals surface area contributed by atoms with Crippen LogP contribution in [0.15, 0.2) is 0 Å². The third kappa shape index (κ3) is 8.70. The molecule has 2 atom stereocenters. The highest BCUT2D eigenvalue weighted by Gasteiger charge is 2.23. The number of carbonyl (C=O) groups is 3. The number of nitrogens with one attached hydrogen (secondary N) is 2. The zero-order chi connectivity index (χ0) is 19.4. The quantitative estimate of drug-likeness (QED) is 0.338. The summed E-state index contributed by atoms with van der Waals surface area (Å²) in [5, 5.41) is 1.34. The van der Waals surface area contributed by atoms with Gasteiger partial charge >= 0.3 is 5.97 Å². The topological polar surface area (TPSA) is 106 Å². The maximum Gasteiger partial charge on any atom is 0.307 e. The summed E-state index contributed by atoms with van der Waals surface area (Å²) in [6.07, 6.45) is 4.01. The first kappa shape index (κ1) is 22.5. The molecular weight excluding hydrogens is 342 g/mol. The van der Waals surface area contributed by atoms with E-state index in [1.165, 1.54) is 5.12 Å². The van der Waals surface area contributed by atoms with Gasteiger partial charge < -0.3 is 14.2 Å². The first-order valence-electron chi connectivity index (χ1n) is 9.03. The normalized spacial score (nSPS) is 17.0. The predicted molar refractivity (Wildman–Crippen MR) is 93.5 cm³/mol. The molecule has 2 N–H and O–H groups in total. The largest absolute Gasteiger partial charge is 0.446 e. The minimum Gasteiger partial charge on any atom is -0.446 e. The molecule has 0 aromatic heterocycles. The van der Waals surface area contributed by atoms with Crippen molar-refractivity contribution in [2.45, 2.75) is 64.1 Å². The van der Waals surface area contributed by atoms with Gasteiger partial charge in [-0.05, 0) is 12.8 Å². The van der Waals surface area contributed by atoms with Crippen LogP contribution in [-0.2, 0) is 28.6 Å². The van der Waals surface area contributed by atoms with Crippen LogP contribution in [0.2, 0.25) is 0 Å². The van der Waals surface area contributed by atoms with Crippen molar-refractivity contribution >= 4 is 17.7 Å². The molecule has 1 rings (SSSR count). The van der Waals surface area contributed by atoms with E-state index in [1.54, 1.807) is 14.2 Å². The van der Waals surface area contributed by atoms with E-state index >= 15 is 0 Å². The number of nitrogens with zero attached hydrogens (tertiary/aromatic N) is 1. The summed E-state index contributed by atoms with van der Waals surface area (Å²) >= 11 is 0. The molecule has 9 heteroatoms. The van der Waals surface area contributed by atoms with Gasteiger partial charge in [0.25, 0.3) is 5.91 Å². The van der Waals surface area contributed by atoms with Crippen molar-refractivity contribution in [3.63, 3.8) is 0 Å². The number of ketones is 1. The summed E-state index contributed by atoms with van der Waals surface area (Å²) in [4.78, 5) is 34.3. The molecular formula is C17H31N3O6. The standard InChI is InChI=1S/C17H31N3O6/c1-4-13(21)10-15(25-3)14(24-2)8-6-5-7-9-17(23)26-12-20-18-11-16(22)19-20/h14-15,18H,4-12H2,1-3H3,(H,19,22). The van der Waals surface area contributed by atoms with E-state index in [0.29, 0.717) is 25.7 Å². The Morgan fingerprint density at radius 2 is 1.88 bits per heavy atom. The number of rotatable bonds is 14. The maximum absolute atomic E-state index is 11.7. The molecule has 1 saturated heterocycles. The molecule has 2 unspecified atom stereocenters. The third-order valence-electron chi connectivity index (χ3n) is 4.26. The van der Waals surface area contributed by atoms with E-state index in [4.69, 9.17) is 14.2 Å². The zero-order valence-electron chi connectivity index (χ0n) is 15.9. The second kappa shape index (κ2) is 12.7. The summed E-state index contributed by atoms with van der Waals surface area (Å²) in [6.45, 7) is 2.01. The van der Waals surface area contributed by atoms with Gasteiger partial charge in [-0.25, -0.2) is 5.43 Å². The molecule has 26 heavy (non-hydrogen) atoms. The molecule has 1 aliphatic heterocycles. The van der Waals surface area contributed by atoms with Crippen molar-refractivity contribution in [2.75, 3.05) is 27.5 Å². The minimum absolute atomic E-state index is 0.0166. The maximum atomic E-state index is 11.7. The Hall–Kier alpha value is -1.55. The number of esters is 1. The van der Waals surface area contributed by atoms with Crippen molar-refractivity contribution < 1.29 is 28.6 Å². The van der Waals surface area contributed by atoms with Crippen LogP contribution >= 0.6 is 0 Å². The molecule has 0 saturated carbocycles. The van der Waals surface area contributed by atoms with Gasteiger partial charge in [-0.2, -0.15) is 0 Å². The SMILES string of the molecule is CCC(=O)CC(OC)C(CCCCCC(=O)OCN1NCC(=O)N1)OC. The van der Waals surface area contributed by atoms with E-state index in [9.17, 15) is 14.4 Å². The fraction of sp³-hybridized carbons (Fsp3) is 0.824. The van der Waals surface area contributed by atoms with Crippen LogP contribution in [0, 0.1) is 0 Å². The number of hydrazine groups is 2. The summed E-state index contributed by atoms with van der Waals surface area (Å²) in [5.74, 6) is -0.311. The number of hydrogen-bond acceptors (Lipinski definition) is 8. The molecule has 0 radical (unpaired) electrons. The number of carbonyl (C=O) groups excluding carboxylic acids is 3. The third-order valence-corrected chi connectivity index (χ3v) is 4.26. The van der Waals surface area contributed by atoms with Gasteiger partial charge in [0.1, 0.15) is 5.78 Å². The van der Waals surface area contributed by atoms with Crippen LogP contribution in [0.3, 0.4) is 0 Å². The van der Waals surface area contributed by atoms with Gasteiger partial charge in [0, 0.05) is 33.5 Å². The fourth-order valence-corrected chi connectivity index (χ4v) is 2.67. The Labute approximate surface area is 154 Å². The van der Waals surface area contributed by atoms with Crippen LogP contribution < -0.4 is 10.9 Å². The van der Waals surface area contributed by atoms with Gasteiger partial charge in [0.2, 0.25) is 0 Å². The average Bonchev–Trinajstić information content (AvgIpc) is 3.06. The summed E-state index contributed by atoms with van der Waals surface area (Å²) < 4.78 is 15.9. The van der Waals surface area contributed by atoms with E-state index in [-0.39, 0.29) is 43.1 Å². The summed E-state index contributed by atoms with van der Waals surface area (Å²) in [7, 11) is 3.21. The van der Waals surface area contributed by atoms with Crippen LogP contribution in [0.25, 0.3) is 0 Å². The number of methoxy groups -OCH3 is 2. The number of hydrogen-bond donors (Lipinski definition) is 2. The molecule has 1 aliphatic rings. The van der Waals surface area contributed by atoms with Crippen molar-refractivity contribution in [2.24, 2.45) is 0 Å². The Kier molecular flexibility index (Phi) is 11.0. The highest BCUT2D eigenvalue weighted by Crippen LogP contribution is 2.16. The van der Waals surface area contributed by atoms with E-state index < -0.39 is 0 Å². The van der Waals surface area contributed by atoms with E-state index in [2.05, 4.69) is 10.9 Å². The monoisotopic (exact) mass is 373 g/mol. The van der Waals surface area contributed by atoms with Crippen LogP contribution in [0.4, 0.5) is 0 Å². The first-order valence-corrected chi connectivity index (χ1v) is 9.03. The van der Waals surface area contributed by atoms with Crippen LogP contribution in [0.1, 0.15) is 51.9 Å². The van der Waals surface area contributed by atoms with E-state index in [1.807, 2.05) is 6.92 Å². The van der Waals surface area contributed by atoms with E-state index in [0.717, 1.165) is 19.3 Å². The second-order valence-corrected chi connectivity index (χ2v) is 6.19. The molecule has 0 aromatic carbocycles. The Morgan fingerprint density at radius 3 is 2.46 bits per heavy atom. The Bertz CT molecular complexity index is 460. The van der Waals surface area contributed by atoms with Gasteiger partial charge in [-0.15, -0.1) is 5.12 Å². The summed E-state index contributed by atoms with van der Waals surface area (Å²) in [6, 6.07) is 0. The number of ether oxygens (including phenoxy) is 3. The lowest BCUT2D eigenvalue weighted by atomic mass is 10.0. The molecule has 1 heterocycles. The van der Waals surface area contributed by atoms with Crippen LogP contribution in [-0.4, -0.2) is 62.5 Å². The lowest BCUT2D eigenvalue weighted by Gasteiger charge is -2.24. The lowest BCUT2D eigenvalue weighted by Crippen LogP contribution is -2.41. The van der Waals surface area contributed by atoms with Gasteiger partial charge in [0.15, 0.2) is 6.73 Å². The van der Waals surface area contributed by atoms with Crippen LogP contribution in [0.5, 0.6) is 0 Å². The first-order chi connectivity index (χ1) is 12.5. The minimum atomic E-state index is -0.306. The number of Topliss-reactive ketones (excluding diaryl/α,β-unsaturated/α-hetero) is 1. The molecule has 0 bridgehead atoms. The molecule has 0 spiro atoms. The second-order valence-electron chi connectivity index (χ2n) is 6.19. The Morgan fingerprint density at radius 1 is 1.15 bits per heavy atom. The molecule has 0 aromatic rings. The fourth-order valence-electron chi connectivity index (χ4n) is 2.67. The summed E-state index contributed by atoms with van der Waals surface area (Å²) in [5.41, 5.74) is 5.23. The van der Waals surface area contributed by atoms with Crippen molar-refractivity contribution in [3.8, 4) is 0 Å². The highest BCUT2D eigenvalue weighted by atomic mass is 16.6. The zero-order valence-corrected chi connectivity index (χ0v) is 15.9. The Balaban J connectivity index is 2.14.